The molecular formula is C12H10FN3S. The number of nitrogens with zero attached hydrogens (tertiary/aromatic N) is 2. The van der Waals surface area contributed by atoms with E-state index < -0.39 is 5.82 Å². The van der Waals surface area contributed by atoms with Crippen LogP contribution in [0, 0.1) is 17.1 Å². The lowest BCUT2D eigenvalue weighted by Gasteiger charge is -2.13. The van der Waals surface area contributed by atoms with Gasteiger partial charge < -0.3 is 5.32 Å². The highest BCUT2D eigenvalue weighted by Crippen LogP contribution is 2.24. The van der Waals surface area contributed by atoms with Gasteiger partial charge in [-0.2, -0.15) is 5.26 Å². The molecule has 0 radical (unpaired) electrons. The van der Waals surface area contributed by atoms with Crippen molar-refractivity contribution in [1.29, 1.82) is 5.26 Å². The minimum Gasteiger partial charge on any atom is -0.375 e. The summed E-state index contributed by atoms with van der Waals surface area (Å²) in [5.41, 5.74) is 0.533. The number of rotatable bonds is 3. The lowest BCUT2D eigenvalue weighted by molar-refractivity contribution is 0.624. The fourth-order valence-corrected chi connectivity index (χ4v) is 2.15. The van der Waals surface area contributed by atoms with Crippen molar-refractivity contribution >= 4 is 17.0 Å². The van der Waals surface area contributed by atoms with Crippen LogP contribution in [0.3, 0.4) is 0 Å². The summed E-state index contributed by atoms with van der Waals surface area (Å²) < 4.78 is 13.4. The first-order chi connectivity index (χ1) is 8.22. The van der Waals surface area contributed by atoms with Crippen LogP contribution < -0.4 is 5.32 Å². The van der Waals surface area contributed by atoms with Crippen LogP contribution in [0.4, 0.5) is 10.1 Å². The van der Waals surface area contributed by atoms with Crippen LogP contribution in [-0.4, -0.2) is 4.98 Å². The molecule has 0 spiro atoms. The predicted octanol–water partition coefficient (Wildman–Crippen LogP) is 3.33. The van der Waals surface area contributed by atoms with Crippen LogP contribution in [0.15, 0.2) is 29.8 Å². The summed E-state index contributed by atoms with van der Waals surface area (Å²) in [5.74, 6) is -0.510. The Bertz CT molecular complexity index is 545. The van der Waals surface area contributed by atoms with E-state index in [1.165, 1.54) is 17.4 Å². The van der Waals surface area contributed by atoms with Gasteiger partial charge in [-0.3, -0.25) is 0 Å². The van der Waals surface area contributed by atoms with E-state index in [9.17, 15) is 4.39 Å². The molecule has 0 fully saturated rings. The van der Waals surface area contributed by atoms with E-state index in [1.54, 1.807) is 18.3 Å². The fraction of sp³-hybridized carbons (Fsp3) is 0.167. The zero-order valence-electron chi connectivity index (χ0n) is 9.14. The molecule has 1 N–H and O–H groups in total. The monoisotopic (exact) mass is 247 g/mol. The minimum atomic E-state index is -0.510. The van der Waals surface area contributed by atoms with Crippen LogP contribution in [0.5, 0.6) is 0 Å². The predicted molar refractivity (Wildman–Crippen MR) is 65.3 cm³/mol. The highest BCUT2D eigenvalue weighted by molar-refractivity contribution is 7.09. The Hall–Kier alpha value is -1.93. The number of anilines is 1. The first-order valence-corrected chi connectivity index (χ1v) is 5.95. The number of hydrogen-bond acceptors (Lipinski definition) is 4. The lowest BCUT2D eigenvalue weighted by atomic mass is 10.1. The Labute approximate surface area is 103 Å². The average Bonchev–Trinajstić information content (AvgIpc) is 2.82. The molecule has 86 valence electrons. The molecule has 1 atom stereocenters. The van der Waals surface area contributed by atoms with Gasteiger partial charge in [-0.15, -0.1) is 11.3 Å². The van der Waals surface area contributed by atoms with Gasteiger partial charge in [-0.25, -0.2) is 9.37 Å². The van der Waals surface area contributed by atoms with Crippen molar-refractivity contribution in [1.82, 2.24) is 4.98 Å². The maximum absolute atomic E-state index is 13.4. The Balaban J connectivity index is 2.25. The van der Waals surface area contributed by atoms with E-state index in [2.05, 4.69) is 10.3 Å². The fourth-order valence-electron chi connectivity index (χ4n) is 1.50. The number of aromatic nitrogens is 1. The van der Waals surface area contributed by atoms with Gasteiger partial charge in [0.25, 0.3) is 0 Å². The molecule has 2 aromatic rings. The summed E-state index contributed by atoms with van der Waals surface area (Å²) in [5, 5.41) is 14.8. The van der Waals surface area contributed by atoms with Crippen LogP contribution in [0.1, 0.15) is 23.5 Å². The Kier molecular flexibility index (Phi) is 3.35. The van der Waals surface area contributed by atoms with Gasteiger partial charge >= 0.3 is 0 Å². The smallest absolute Gasteiger partial charge is 0.143 e. The van der Waals surface area contributed by atoms with Crippen LogP contribution in [0.2, 0.25) is 0 Å². The summed E-state index contributed by atoms with van der Waals surface area (Å²) in [4.78, 5) is 4.17. The van der Waals surface area contributed by atoms with Gasteiger partial charge in [-0.05, 0) is 19.1 Å². The summed E-state index contributed by atoms with van der Waals surface area (Å²) in [7, 11) is 0. The second-order valence-electron chi connectivity index (χ2n) is 3.51. The van der Waals surface area contributed by atoms with Gasteiger partial charge in [-0.1, -0.05) is 6.07 Å². The van der Waals surface area contributed by atoms with Crippen LogP contribution in [0.25, 0.3) is 0 Å². The molecule has 1 aromatic heterocycles. The normalized spacial score (nSPS) is 11.8. The second-order valence-corrected chi connectivity index (χ2v) is 4.44. The van der Waals surface area contributed by atoms with Gasteiger partial charge in [0.15, 0.2) is 0 Å². The highest BCUT2D eigenvalue weighted by atomic mass is 32.1. The van der Waals surface area contributed by atoms with Crippen LogP contribution in [-0.2, 0) is 0 Å². The summed E-state index contributed by atoms with van der Waals surface area (Å²) in [6.45, 7) is 1.92. The molecule has 5 heteroatoms. The molecule has 3 nitrogen and oxygen atoms in total. The summed E-state index contributed by atoms with van der Waals surface area (Å²) in [6, 6.07) is 6.35. The summed E-state index contributed by atoms with van der Waals surface area (Å²) in [6.07, 6.45) is 1.72. The molecular weight excluding hydrogens is 237 g/mol. The lowest BCUT2D eigenvalue weighted by Crippen LogP contribution is -2.08. The van der Waals surface area contributed by atoms with Gasteiger partial charge in [0.2, 0.25) is 0 Å². The van der Waals surface area contributed by atoms with Crippen molar-refractivity contribution in [2.75, 3.05) is 5.32 Å². The van der Waals surface area contributed by atoms with Gasteiger partial charge in [0, 0.05) is 11.6 Å². The first kappa shape index (κ1) is 11.6. The molecule has 1 unspecified atom stereocenters. The Morgan fingerprint density at radius 1 is 1.53 bits per heavy atom. The number of nitrogens with one attached hydrogen (secondary N) is 1. The van der Waals surface area contributed by atoms with E-state index >= 15 is 0 Å². The van der Waals surface area contributed by atoms with E-state index in [0.717, 1.165) is 5.01 Å². The van der Waals surface area contributed by atoms with Crippen LogP contribution >= 0.6 is 11.3 Å². The first-order valence-electron chi connectivity index (χ1n) is 5.07. The maximum atomic E-state index is 13.4. The molecule has 0 saturated carbocycles. The molecule has 0 aliphatic rings. The van der Waals surface area contributed by atoms with Crippen molar-refractivity contribution in [3.63, 3.8) is 0 Å². The topological polar surface area (TPSA) is 48.7 Å². The number of benzene rings is 1. The number of thiazole rings is 1. The molecule has 1 aromatic carbocycles. The third-order valence-electron chi connectivity index (χ3n) is 2.32. The summed E-state index contributed by atoms with van der Waals surface area (Å²) >= 11 is 1.52. The number of hydrogen-bond donors (Lipinski definition) is 1. The standard InChI is InChI=1S/C12H10FN3S/c1-8(12-15-5-6-17-12)16-11-4-2-3-10(13)9(11)7-14/h2-6,8,16H,1H3. The second kappa shape index (κ2) is 4.93. The molecule has 1 heterocycles. The molecule has 0 amide bonds. The zero-order valence-corrected chi connectivity index (χ0v) is 9.96. The van der Waals surface area contributed by atoms with Crippen molar-refractivity contribution < 1.29 is 4.39 Å². The zero-order chi connectivity index (χ0) is 12.3. The molecule has 17 heavy (non-hydrogen) atoms. The van der Waals surface area contributed by atoms with Crippen molar-refractivity contribution in [3.8, 4) is 6.07 Å². The van der Waals surface area contributed by atoms with Crippen molar-refractivity contribution in [2.24, 2.45) is 0 Å². The molecule has 0 aliphatic carbocycles. The Morgan fingerprint density at radius 3 is 3.00 bits per heavy atom. The molecule has 0 saturated heterocycles. The maximum Gasteiger partial charge on any atom is 0.143 e. The molecule has 0 bridgehead atoms. The van der Waals surface area contributed by atoms with Crippen molar-refractivity contribution in [2.45, 2.75) is 13.0 Å². The molecule has 2 rings (SSSR count). The van der Waals surface area contributed by atoms with E-state index in [1.807, 2.05) is 18.4 Å². The SMILES string of the molecule is CC(Nc1cccc(F)c1C#N)c1nccs1. The average molecular weight is 247 g/mol. The van der Waals surface area contributed by atoms with E-state index in [-0.39, 0.29) is 11.6 Å². The Morgan fingerprint density at radius 2 is 2.35 bits per heavy atom. The van der Waals surface area contributed by atoms with Gasteiger partial charge in [0.1, 0.15) is 22.5 Å². The van der Waals surface area contributed by atoms with Gasteiger partial charge in [0.05, 0.1) is 11.7 Å². The third kappa shape index (κ3) is 2.43. The largest absolute Gasteiger partial charge is 0.375 e. The quantitative estimate of drug-likeness (QED) is 0.905. The molecule has 0 aliphatic heterocycles. The number of nitriles is 1. The van der Waals surface area contributed by atoms with E-state index in [4.69, 9.17) is 5.26 Å². The minimum absolute atomic E-state index is 0.0379. The van der Waals surface area contributed by atoms with Crippen molar-refractivity contribution in [3.05, 3.63) is 46.2 Å². The number of halogens is 1. The van der Waals surface area contributed by atoms with E-state index in [0.29, 0.717) is 5.69 Å². The highest BCUT2D eigenvalue weighted by Gasteiger charge is 2.12. The third-order valence-corrected chi connectivity index (χ3v) is 3.28.